The number of terminal acetylenes is 1. The Morgan fingerprint density at radius 1 is 1.44 bits per heavy atom. The molecule has 134 valence electrons. The van der Waals surface area contributed by atoms with Gasteiger partial charge in [-0.2, -0.15) is 10.2 Å². The van der Waals surface area contributed by atoms with Gasteiger partial charge in [0.05, 0.1) is 12.6 Å². The van der Waals surface area contributed by atoms with Crippen LogP contribution in [0.4, 0.5) is 5.00 Å². The molecule has 1 atom stereocenters. The van der Waals surface area contributed by atoms with Crippen LogP contribution in [-0.2, 0) is 9.53 Å². The Morgan fingerprint density at radius 3 is 2.76 bits per heavy atom. The predicted octanol–water partition coefficient (Wildman–Crippen LogP) is 2.43. The number of anilines is 1. The topological polar surface area (TPSA) is 119 Å². The molecule has 0 bridgehead atoms. The Labute approximate surface area is 150 Å². The molecule has 3 N–H and O–H groups in total. The van der Waals surface area contributed by atoms with Crippen LogP contribution in [0.2, 0.25) is 0 Å². The summed E-state index contributed by atoms with van der Waals surface area (Å²) >= 11 is 1.16. The molecule has 1 aromatic heterocycles. The maximum Gasteiger partial charge on any atom is 0.360 e. The fourth-order valence-electron chi connectivity index (χ4n) is 2.24. The van der Waals surface area contributed by atoms with Gasteiger partial charge in [0.2, 0.25) is 5.91 Å². The van der Waals surface area contributed by atoms with Crippen molar-refractivity contribution in [3.8, 4) is 12.3 Å². The highest BCUT2D eigenvalue weighted by Gasteiger charge is 2.39. The third-order valence-electron chi connectivity index (χ3n) is 3.69. The smallest absolute Gasteiger partial charge is 0.360 e. The molecule has 1 unspecified atom stereocenters. The Kier molecular flexibility index (Phi) is 6.09. The number of nitrogen functional groups attached to an aromatic ring is 1. The molecular weight excluding hydrogens is 342 g/mol. The predicted molar refractivity (Wildman–Crippen MR) is 93.9 cm³/mol. The Bertz CT molecular complexity index is 716. The Balaban J connectivity index is 1.86. The summed E-state index contributed by atoms with van der Waals surface area (Å²) in [5, 5.41) is 11.7. The number of nitrogens with two attached hydrogens (primary N) is 1. The second-order valence-electron chi connectivity index (χ2n) is 5.66. The van der Waals surface area contributed by atoms with Gasteiger partial charge in [-0.3, -0.25) is 4.79 Å². The maximum atomic E-state index is 12.1. The van der Waals surface area contributed by atoms with E-state index in [4.69, 9.17) is 16.9 Å². The zero-order valence-electron chi connectivity index (χ0n) is 14.2. The third-order valence-corrected chi connectivity index (χ3v) is 4.76. The zero-order valence-corrected chi connectivity index (χ0v) is 15.1. The van der Waals surface area contributed by atoms with Gasteiger partial charge in [0.1, 0.15) is 10.0 Å². The average Bonchev–Trinajstić information content (AvgIpc) is 3.24. The SMILES string of the molecule is C#CCCC1(CCC(=O)NC(C)c2nc(C(=O)OCC)c(N)s2)N=N1. The van der Waals surface area contributed by atoms with Gasteiger partial charge in [-0.1, -0.05) is 11.3 Å². The summed E-state index contributed by atoms with van der Waals surface area (Å²) in [7, 11) is 0. The number of carbonyl (C=O) groups excluding carboxylic acids is 2. The van der Waals surface area contributed by atoms with Gasteiger partial charge in [0, 0.05) is 25.7 Å². The van der Waals surface area contributed by atoms with Crippen molar-refractivity contribution in [2.24, 2.45) is 10.2 Å². The summed E-state index contributed by atoms with van der Waals surface area (Å²) in [4.78, 5) is 28.1. The number of rotatable bonds is 9. The van der Waals surface area contributed by atoms with Crippen molar-refractivity contribution in [2.45, 2.75) is 51.2 Å². The maximum absolute atomic E-state index is 12.1. The lowest BCUT2D eigenvalue weighted by atomic mass is 10.0. The highest BCUT2D eigenvalue weighted by atomic mass is 32.1. The van der Waals surface area contributed by atoms with E-state index in [0.29, 0.717) is 24.3 Å². The largest absolute Gasteiger partial charge is 0.461 e. The molecule has 0 aliphatic carbocycles. The van der Waals surface area contributed by atoms with E-state index in [1.165, 1.54) is 0 Å². The average molecular weight is 363 g/mol. The van der Waals surface area contributed by atoms with Gasteiger partial charge < -0.3 is 15.8 Å². The summed E-state index contributed by atoms with van der Waals surface area (Å²) in [5.41, 5.74) is 5.43. The number of nitrogens with one attached hydrogen (secondary N) is 1. The molecule has 0 radical (unpaired) electrons. The van der Waals surface area contributed by atoms with E-state index in [2.05, 4.69) is 26.4 Å². The molecule has 2 rings (SSSR count). The summed E-state index contributed by atoms with van der Waals surface area (Å²) in [5.74, 6) is 1.85. The summed E-state index contributed by atoms with van der Waals surface area (Å²) < 4.78 is 4.90. The lowest BCUT2D eigenvalue weighted by Crippen LogP contribution is -2.28. The van der Waals surface area contributed by atoms with Gasteiger partial charge in [0.25, 0.3) is 0 Å². The van der Waals surface area contributed by atoms with Crippen molar-refractivity contribution < 1.29 is 14.3 Å². The number of carbonyl (C=O) groups is 2. The Hall–Kier alpha value is -2.47. The van der Waals surface area contributed by atoms with E-state index in [1.54, 1.807) is 13.8 Å². The van der Waals surface area contributed by atoms with Gasteiger partial charge in [-0.25, -0.2) is 9.78 Å². The van der Waals surface area contributed by atoms with Crippen LogP contribution >= 0.6 is 11.3 Å². The molecule has 1 amide bonds. The lowest BCUT2D eigenvalue weighted by molar-refractivity contribution is -0.122. The van der Waals surface area contributed by atoms with E-state index in [-0.39, 0.29) is 35.7 Å². The molecule has 1 aliphatic heterocycles. The fourth-order valence-corrected chi connectivity index (χ4v) is 3.06. The lowest BCUT2D eigenvalue weighted by Gasteiger charge is -2.12. The number of ether oxygens (including phenoxy) is 1. The highest BCUT2D eigenvalue weighted by molar-refractivity contribution is 7.16. The van der Waals surface area contributed by atoms with Crippen molar-refractivity contribution in [1.29, 1.82) is 0 Å². The van der Waals surface area contributed by atoms with Crippen molar-refractivity contribution in [2.75, 3.05) is 12.3 Å². The second kappa shape index (κ2) is 8.07. The van der Waals surface area contributed by atoms with Gasteiger partial charge in [0.15, 0.2) is 11.4 Å². The monoisotopic (exact) mass is 363 g/mol. The molecular formula is C16H21N5O3S. The number of thiazole rings is 1. The van der Waals surface area contributed by atoms with Gasteiger partial charge >= 0.3 is 5.97 Å². The van der Waals surface area contributed by atoms with Crippen LogP contribution in [0.25, 0.3) is 0 Å². The highest BCUT2D eigenvalue weighted by Crippen LogP contribution is 2.37. The van der Waals surface area contributed by atoms with E-state index >= 15 is 0 Å². The molecule has 25 heavy (non-hydrogen) atoms. The second-order valence-corrected chi connectivity index (χ2v) is 6.72. The van der Waals surface area contributed by atoms with Crippen molar-refractivity contribution in [3.05, 3.63) is 10.7 Å². The molecule has 1 aliphatic rings. The van der Waals surface area contributed by atoms with Crippen molar-refractivity contribution in [1.82, 2.24) is 10.3 Å². The van der Waals surface area contributed by atoms with Gasteiger partial charge in [-0.05, 0) is 13.8 Å². The van der Waals surface area contributed by atoms with Crippen LogP contribution in [-0.4, -0.2) is 29.1 Å². The minimum Gasteiger partial charge on any atom is -0.461 e. The van der Waals surface area contributed by atoms with Crippen LogP contribution in [0, 0.1) is 12.3 Å². The first-order valence-corrected chi connectivity index (χ1v) is 8.82. The summed E-state index contributed by atoms with van der Waals surface area (Å²) in [6, 6.07) is -0.363. The minimum atomic E-state index is -0.562. The zero-order chi connectivity index (χ0) is 18.4. The molecule has 9 heteroatoms. The standard InChI is InChI=1S/C16H21N5O3S/c1-4-6-8-16(20-21-16)9-7-11(22)18-10(3)14-19-12(13(17)25-14)15(23)24-5-2/h1,10H,5-9,17H2,2-3H3,(H,18,22). The first-order chi connectivity index (χ1) is 11.9. The quantitative estimate of drug-likeness (QED) is 0.516. The number of esters is 1. The van der Waals surface area contributed by atoms with Gasteiger partial charge in [-0.15, -0.1) is 12.3 Å². The summed E-state index contributed by atoms with van der Waals surface area (Å²) in [6.45, 7) is 3.74. The van der Waals surface area contributed by atoms with E-state index in [1.807, 2.05) is 0 Å². The molecule has 0 aromatic carbocycles. The van der Waals surface area contributed by atoms with Crippen LogP contribution < -0.4 is 11.1 Å². The third kappa shape index (κ3) is 5.00. The van der Waals surface area contributed by atoms with Crippen LogP contribution in [0.5, 0.6) is 0 Å². The van der Waals surface area contributed by atoms with Crippen molar-refractivity contribution >= 4 is 28.2 Å². The minimum absolute atomic E-state index is 0.0896. The molecule has 1 aromatic rings. The van der Waals surface area contributed by atoms with E-state index in [0.717, 1.165) is 11.3 Å². The normalized spacial score (nSPS) is 15.2. The van der Waals surface area contributed by atoms with Crippen LogP contribution in [0.15, 0.2) is 10.2 Å². The molecule has 0 saturated heterocycles. The Morgan fingerprint density at radius 2 is 2.16 bits per heavy atom. The van der Waals surface area contributed by atoms with E-state index < -0.39 is 11.6 Å². The first-order valence-electron chi connectivity index (χ1n) is 8.01. The number of nitrogens with zero attached hydrogens (tertiary/aromatic N) is 3. The van der Waals surface area contributed by atoms with Crippen molar-refractivity contribution in [3.63, 3.8) is 0 Å². The molecule has 0 fully saturated rings. The molecule has 0 spiro atoms. The number of aromatic nitrogens is 1. The van der Waals surface area contributed by atoms with Crippen LogP contribution in [0.1, 0.15) is 61.1 Å². The number of hydrogen-bond acceptors (Lipinski definition) is 8. The summed E-state index contributed by atoms with van der Waals surface area (Å²) in [6.07, 6.45) is 7.31. The molecule has 8 nitrogen and oxygen atoms in total. The first kappa shape index (κ1) is 18.9. The molecule has 2 heterocycles. The number of hydrogen-bond donors (Lipinski definition) is 2. The van der Waals surface area contributed by atoms with Crippen LogP contribution in [0.3, 0.4) is 0 Å². The molecule has 0 saturated carbocycles. The van der Waals surface area contributed by atoms with E-state index in [9.17, 15) is 9.59 Å². The number of amides is 1. The fraction of sp³-hybridized carbons (Fsp3) is 0.562.